The van der Waals surface area contributed by atoms with Crippen LogP contribution in [-0.2, 0) is 9.53 Å². The lowest BCUT2D eigenvalue weighted by atomic mass is 9.43. The molecule has 2 heteroatoms. The van der Waals surface area contributed by atoms with Crippen molar-refractivity contribution in [1.29, 1.82) is 0 Å². The summed E-state index contributed by atoms with van der Waals surface area (Å²) in [5, 5.41) is 0. The summed E-state index contributed by atoms with van der Waals surface area (Å²) in [5.74, 6) is -0.266. The first-order valence-corrected chi connectivity index (χ1v) is 10.9. The molecule has 160 valence electrons. The van der Waals surface area contributed by atoms with E-state index in [1.54, 1.807) is 6.92 Å². The van der Waals surface area contributed by atoms with E-state index in [1.807, 2.05) is 0 Å². The topological polar surface area (TPSA) is 26.3 Å². The minimum atomic E-state index is -0.266. The molecule has 0 bridgehead atoms. The van der Waals surface area contributed by atoms with Gasteiger partial charge in [-0.25, -0.2) is 4.79 Å². The molecule has 0 fully saturated rings. The van der Waals surface area contributed by atoms with Gasteiger partial charge < -0.3 is 4.74 Å². The molecule has 0 atom stereocenters. The van der Waals surface area contributed by atoms with E-state index in [2.05, 4.69) is 68.9 Å². The molecule has 0 aliphatic heterocycles. The van der Waals surface area contributed by atoms with Gasteiger partial charge in [0.1, 0.15) is 0 Å². The Balaban J connectivity index is 4.46. The van der Waals surface area contributed by atoms with E-state index in [1.165, 1.54) is 32.1 Å². The summed E-state index contributed by atoms with van der Waals surface area (Å²) in [7, 11) is 0. The Morgan fingerprint density at radius 1 is 0.704 bits per heavy atom. The molecule has 0 N–H and O–H groups in total. The smallest absolute Gasteiger partial charge is 0.333 e. The van der Waals surface area contributed by atoms with E-state index in [-0.39, 0.29) is 27.6 Å². The molecule has 0 rings (SSSR count). The van der Waals surface area contributed by atoms with E-state index in [0.717, 1.165) is 12.8 Å². The van der Waals surface area contributed by atoms with Gasteiger partial charge in [-0.15, -0.1) is 0 Å². The lowest BCUT2D eigenvalue weighted by Gasteiger charge is -2.62. The standard InChI is InChI=1S/C25H48O2/c1-20(2)21(26)27-19-17-15-13-12-14-16-18-25(22(3,4)5,23(6,7)8)24(9,10)11/h1,12-19H2,2-11H3. The van der Waals surface area contributed by atoms with E-state index in [0.29, 0.717) is 12.2 Å². The maximum atomic E-state index is 11.3. The van der Waals surface area contributed by atoms with Crippen LogP contribution in [0.15, 0.2) is 12.2 Å². The number of rotatable bonds is 10. The fourth-order valence-electron chi connectivity index (χ4n) is 5.99. The number of esters is 1. The Bertz CT molecular complexity index is 430. The Labute approximate surface area is 170 Å². The lowest BCUT2D eigenvalue weighted by Crippen LogP contribution is -2.54. The Hall–Kier alpha value is -0.790. The third kappa shape index (κ3) is 7.27. The monoisotopic (exact) mass is 380 g/mol. The fraction of sp³-hybridized carbons (Fsp3) is 0.880. The molecule has 0 aromatic carbocycles. The molecule has 0 aliphatic rings. The average molecular weight is 381 g/mol. The number of ether oxygens (including phenoxy) is 1. The van der Waals surface area contributed by atoms with Gasteiger partial charge in [0, 0.05) is 5.57 Å². The van der Waals surface area contributed by atoms with Gasteiger partial charge in [-0.1, -0.05) is 101 Å². The molecule has 0 aromatic heterocycles. The molecule has 0 saturated carbocycles. The summed E-state index contributed by atoms with van der Waals surface area (Å²) >= 11 is 0. The predicted molar refractivity (Wildman–Crippen MR) is 119 cm³/mol. The number of hydrogen-bond donors (Lipinski definition) is 0. The predicted octanol–water partition coefficient (Wildman–Crippen LogP) is 7.96. The van der Waals surface area contributed by atoms with Crippen molar-refractivity contribution in [3.05, 3.63) is 12.2 Å². The number of unbranched alkanes of at least 4 members (excludes halogenated alkanes) is 5. The fourth-order valence-corrected chi connectivity index (χ4v) is 5.99. The van der Waals surface area contributed by atoms with Crippen LogP contribution in [0, 0.1) is 21.7 Å². The molecule has 2 nitrogen and oxygen atoms in total. The molecule has 0 heterocycles. The highest BCUT2D eigenvalue weighted by atomic mass is 16.5. The zero-order valence-corrected chi connectivity index (χ0v) is 20.2. The highest BCUT2D eigenvalue weighted by Crippen LogP contribution is 2.63. The van der Waals surface area contributed by atoms with Crippen LogP contribution in [0.2, 0.25) is 0 Å². The first-order chi connectivity index (χ1) is 12.1. The number of carbonyl (C=O) groups excluding carboxylic acids is 1. The van der Waals surface area contributed by atoms with Crippen molar-refractivity contribution in [3.63, 3.8) is 0 Å². The normalized spacial score (nSPS) is 13.6. The zero-order valence-electron chi connectivity index (χ0n) is 20.2. The summed E-state index contributed by atoms with van der Waals surface area (Å²) in [5.41, 5.74) is 1.54. The lowest BCUT2D eigenvalue weighted by molar-refractivity contribution is -0.139. The molecular formula is C25H48O2. The molecular weight excluding hydrogens is 332 g/mol. The van der Waals surface area contributed by atoms with E-state index < -0.39 is 0 Å². The summed E-state index contributed by atoms with van der Waals surface area (Å²) in [6.45, 7) is 27.6. The maximum absolute atomic E-state index is 11.3. The van der Waals surface area contributed by atoms with Crippen molar-refractivity contribution < 1.29 is 9.53 Å². The second kappa shape index (κ2) is 10.1. The SMILES string of the molecule is C=C(C)C(=O)OCCCCCCCCC(C(C)(C)C)(C(C)(C)C)C(C)(C)C. The van der Waals surface area contributed by atoms with Crippen LogP contribution in [0.1, 0.15) is 114 Å². The quantitative estimate of drug-likeness (QED) is 0.218. The second-order valence-electron chi connectivity index (χ2n) is 11.4. The molecule has 0 aromatic rings. The molecule has 0 saturated heterocycles. The molecule has 0 aliphatic carbocycles. The Morgan fingerprint density at radius 3 is 1.44 bits per heavy atom. The maximum Gasteiger partial charge on any atom is 0.333 e. The van der Waals surface area contributed by atoms with E-state index in [9.17, 15) is 4.79 Å². The van der Waals surface area contributed by atoms with Crippen molar-refractivity contribution in [3.8, 4) is 0 Å². The van der Waals surface area contributed by atoms with Gasteiger partial charge in [0.15, 0.2) is 0 Å². The molecule has 0 spiro atoms. The minimum absolute atomic E-state index is 0.261. The number of carbonyl (C=O) groups is 1. The Kier molecular flexibility index (Phi) is 9.82. The van der Waals surface area contributed by atoms with Gasteiger partial charge in [-0.05, 0) is 41.4 Å². The molecule has 0 radical (unpaired) electrons. The summed E-state index contributed by atoms with van der Waals surface area (Å²) in [6, 6.07) is 0. The zero-order chi connectivity index (χ0) is 21.5. The van der Waals surface area contributed by atoms with E-state index in [4.69, 9.17) is 4.74 Å². The largest absolute Gasteiger partial charge is 0.462 e. The molecule has 27 heavy (non-hydrogen) atoms. The van der Waals surface area contributed by atoms with Crippen LogP contribution in [0.3, 0.4) is 0 Å². The second-order valence-corrected chi connectivity index (χ2v) is 11.4. The molecule has 0 amide bonds. The minimum Gasteiger partial charge on any atom is -0.462 e. The van der Waals surface area contributed by atoms with Gasteiger partial charge in [0.25, 0.3) is 0 Å². The van der Waals surface area contributed by atoms with Crippen molar-refractivity contribution in [1.82, 2.24) is 0 Å². The third-order valence-electron chi connectivity index (χ3n) is 6.37. The van der Waals surface area contributed by atoms with Gasteiger partial charge >= 0.3 is 5.97 Å². The van der Waals surface area contributed by atoms with Crippen molar-refractivity contribution >= 4 is 5.97 Å². The van der Waals surface area contributed by atoms with Crippen LogP contribution in [0.5, 0.6) is 0 Å². The summed E-state index contributed by atoms with van der Waals surface area (Å²) in [6.07, 6.45) is 8.42. The van der Waals surface area contributed by atoms with Crippen LogP contribution in [0.4, 0.5) is 0 Å². The van der Waals surface area contributed by atoms with Gasteiger partial charge in [-0.2, -0.15) is 0 Å². The van der Waals surface area contributed by atoms with Crippen molar-refractivity contribution in [2.75, 3.05) is 6.61 Å². The van der Waals surface area contributed by atoms with Crippen molar-refractivity contribution in [2.45, 2.75) is 114 Å². The van der Waals surface area contributed by atoms with Crippen LogP contribution in [0.25, 0.3) is 0 Å². The van der Waals surface area contributed by atoms with Crippen LogP contribution in [-0.4, -0.2) is 12.6 Å². The first kappa shape index (κ1) is 26.2. The third-order valence-corrected chi connectivity index (χ3v) is 6.37. The number of hydrogen-bond acceptors (Lipinski definition) is 2. The average Bonchev–Trinajstić information content (AvgIpc) is 2.44. The Morgan fingerprint density at radius 2 is 1.07 bits per heavy atom. The van der Waals surface area contributed by atoms with Gasteiger partial charge in [0.05, 0.1) is 6.61 Å². The molecule has 0 unspecified atom stereocenters. The summed E-state index contributed by atoms with van der Waals surface area (Å²) < 4.78 is 5.15. The van der Waals surface area contributed by atoms with Gasteiger partial charge in [0.2, 0.25) is 0 Å². The van der Waals surface area contributed by atoms with Crippen LogP contribution < -0.4 is 0 Å². The van der Waals surface area contributed by atoms with Crippen molar-refractivity contribution in [2.24, 2.45) is 21.7 Å². The van der Waals surface area contributed by atoms with Gasteiger partial charge in [-0.3, -0.25) is 0 Å². The highest BCUT2D eigenvalue weighted by Gasteiger charge is 2.56. The van der Waals surface area contributed by atoms with E-state index >= 15 is 0 Å². The van der Waals surface area contributed by atoms with Crippen LogP contribution >= 0.6 is 0 Å². The summed E-state index contributed by atoms with van der Waals surface area (Å²) in [4.78, 5) is 11.3. The highest BCUT2D eigenvalue weighted by molar-refractivity contribution is 5.86. The first-order valence-electron chi connectivity index (χ1n) is 10.9.